The highest BCUT2D eigenvalue weighted by Gasteiger charge is 2.21. The van der Waals surface area contributed by atoms with Crippen molar-refractivity contribution < 1.29 is 9.59 Å². The molecule has 146 valence electrons. The van der Waals surface area contributed by atoms with Gasteiger partial charge in [0.05, 0.1) is 18.8 Å². The maximum absolute atomic E-state index is 12.2. The molecule has 2 amide bonds. The molecule has 1 unspecified atom stereocenters. The first-order chi connectivity index (χ1) is 12.4. The molecule has 26 heavy (non-hydrogen) atoms. The smallest absolute Gasteiger partial charge is 0.240 e. The molecule has 0 bridgehead atoms. The minimum atomic E-state index is -0.0237. The zero-order chi connectivity index (χ0) is 19.1. The Kier molecular flexibility index (Phi) is 7.99. The van der Waals surface area contributed by atoms with Gasteiger partial charge in [0, 0.05) is 37.1 Å². The second-order valence-corrected chi connectivity index (χ2v) is 8.06. The topological polar surface area (TPSA) is 77.6 Å². The van der Waals surface area contributed by atoms with Gasteiger partial charge in [-0.3, -0.25) is 19.4 Å². The summed E-state index contributed by atoms with van der Waals surface area (Å²) in [5, 5.41) is 6.58. The van der Waals surface area contributed by atoms with Crippen LogP contribution in [0.1, 0.15) is 37.8 Å². The van der Waals surface area contributed by atoms with Crippen LogP contribution in [0.5, 0.6) is 0 Å². The van der Waals surface area contributed by atoms with Crippen molar-refractivity contribution in [2.24, 2.45) is 0 Å². The summed E-state index contributed by atoms with van der Waals surface area (Å²) in [5.41, 5.74) is 1.05. The van der Waals surface area contributed by atoms with Crippen molar-refractivity contribution in [1.29, 1.82) is 0 Å². The Morgan fingerprint density at radius 2 is 1.69 bits per heavy atom. The van der Waals surface area contributed by atoms with Crippen LogP contribution in [0.15, 0.2) is 0 Å². The molecule has 1 fully saturated rings. The molecule has 1 aliphatic heterocycles. The van der Waals surface area contributed by atoms with Crippen molar-refractivity contribution in [2.45, 2.75) is 46.6 Å². The number of thiazole rings is 1. The Morgan fingerprint density at radius 3 is 2.19 bits per heavy atom. The lowest BCUT2D eigenvalue weighted by Crippen LogP contribution is -2.51. The maximum Gasteiger partial charge on any atom is 0.240 e. The van der Waals surface area contributed by atoms with Crippen molar-refractivity contribution in [3.8, 4) is 0 Å². The lowest BCUT2D eigenvalue weighted by atomic mass is 10.2. The van der Waals surface area contributed by atoms with E-state index in [4.69, 9.17) is 0 Å². The summed E-state index contributed by atoms with van der Waals surface area (Å²) in [6, 6.07) is 0.218. The molecular weight excluding hydrogens is 350 g/mol. The molecule has 2 N–H and O–H groups in total. The Bertz CT molecular complexity index is 611. The molecule has 2 rings (SSSR count). The van der Waals surface area contributed by atoms with E-state index < -0.39 is 0 Å². The molecule has 1 atom stereocenters. The van der Waals surface area contributed by atoms with Crippen molar-refractivity contribution in [3.05, 3.63) is 10.6 Å². The first kappa shape index (κ1) is 20.8. The SMILES string of the molecule is CCc1nc(NC(=O)CN2CCN(CC(=O)NC(C)CC)CC2)sc1C. The number of piperazine rings is 1. The first-order valence-corrected chi connectivity index (χ1v) is 10.2. The second kappa shape index (κ2) is 9.99. The van der Waals surface area contributed by atoms with Gasteiger partial charge in [-0.05, 0) is 26.7 Å². The Balaban J connectivity index is 1.70. The van der Waals surface area contributed by atoms with Crippen LogP contribution in [-0.4, -0.2) is 71.9 Å². The fourth-order valence-corrected chi connectivity index (χ4v) is 3.82. The molecule has 0 spiro atoms. The highest BCUT2D eigenvalue weighted by molar-refractivity contribution is 7.15. The number of aromatic nitrogens is 1. The standard InChI is InChI=1S/C18H31N5O2S/c1-5-13(3)19-16(24)11-22-7-9-23(10-8-22)12-17(25)21-18-20-15(6-2)14(4)26-18/h13H,5-12H2,1-4H3,(H,19,24)(H,20,21,25). The fourth-order valence-electron chi connectivity index (χ4n) is 2.90. The molecule has 0 aliphatic carbocycles. The van der Waals surface area contributed by atoms with E-state index in [1.54, 1.807) is 0 Å². The molecular formula is C18H31N5O2S. The molecule has 2 heterocycles. The van der Waals surface area contributed by atoms with Crippen LogP contribution in [0, 0.1) is 6.92 Å². The molecule has 1 aromatic heterocycles. The number of hydrogen-bond donors (Lipinski definition) is 2. The summed E-state index contributed by atoms with van der Waals surface area (Å²) < 4.78 is 0. The third-order valence-corrected chi connectivity index (χ3v) is 5.62. The number of anilines is 1. The van der Waals surface area contributed by atoms with Gasteiger partial charge in [-0.2, -0.15) is 0 Å². The van der Waals surface area contributed by atoms with Crippen LogP contribution in [0.2, 0.25) is 0 Å². The minimum Gasteiger partial charge on any atom is -0.353 e. The van der Waals surface area contributed by atoms with E-state index in [0.29, 0.717) is 18.2 Å². The van der Waals surface area contributed by atoms with Crippen LogP contribution >= 0.6 is 11.3 Å². The van der Waals surface area contributed by atoms with Gasteiger partial charge >= 0.3 is 0 Å². The molecule has 7 nitrogen and oxygen atoms in total. The number of amides is 2. The average molecular weight is 382 g/mol. The van der Waals surface area contributed by atoms with Gasteiger partial charge < -0.3 is 10.6 Å². The molecule has 1 aromatic rings. The van der Waals surface area contributed by atoms with E-state index in [9.17, 15) is 9.59 Å². The van der Waals surface area contributed by atoms with Gasteiger partial charge in [0.2, 0.25) is 11.8 Å². The van der Waals surface area contributed by atoms with Crippen molar-refractivity contribution in [2.75, 3.05) is 44.6 Å². The number of nitrogens with one attached hydrogen (secondary N) is 2. The quantitative estimate of drug-likeness (QED) is 0.713. The van der Waals surface area contributed by atoms with E-state index in [-0.39, 0.29) is 17.9 Å². The lowest BCUT2D eigenvalue weighted by molar-refractivity contribution is -0.124. The van der Waals surface area contributed by atoms with Crippen LogP contribution in [0.25, 0.3) is 0 Å². The summed E-state index contributed by atoms with van der Waals surface area (Å²) in [4.78, 5) is 34.1. The van der Waals surface area contributed by atoms with E-state index in [1.807, 2.05) is 13.8 Å². The number of carbonyl (C=O) groups is 2. The maximum atomic E-state index is 12.2. The van der Waals surface area contributed by atoms with Gasteiger partial charge in [0.15, 0.2) is 5.13 Å². The van der Waals surface area contributed by atoms with E-state index >= 15 is 0 Å². The molecule has 1 saturated heterocycles. The Labute approximate surface area is 160 Å². The predicted octanol–water partition coefficient (Wildman–Crippen LogP) is 1.48. The Morgan fingerprint density at radius 1 is 1.12 bits per heavy atom. The average Bonchev–Trinajstić information content (AvgIpc) is 2.95. The van der Waals surface area contributed by atoms with Crippen LogP contribution in [0.4, 0.5) is 5.13 Å². The first-order valence-electron chi connectivity index (χ1n) is 9.41. The van der Waals surface area contributed by atoms with Gasteiger partial charge in [-0.25, -0.2) is 4.98 Å². The van der Waals surface area contributed by atoms with Crippen molar-refractivity contribution in [3.63, 3.8) is 0 Å². The van der Waals surface area contributed by atoms with Crippen LogP contribution in [-0.2, 0) is 16.0 Å². The number of hydrogen-bond acceptors (Lipinski definition) is 6. The summed E-state index contributed by atoms with van der Waals surface area (Å²) in [6.45, 7) is 12.2. The largest absolute Gasteiger partial charge is 0.353 e. The highest BCUT2D eigenvalue weighted by atomic mass is 32.1. The molecule has 0 saturated carbocycles. The lowest BCUT2D eigenvalue weighted by Gasteiger charge is -2.33. The van der Waals surface area contributed by atoms with E-state index in [0.717, 1.165) is 49.6 Å². The Hall–Kier alpha value is -1.51. The normalized spacial score (nSPS) is 17.1. The summed E-state index contributed by atoms with van der Waals surface area (Å²) >= 11 is 1.53. The minimum absolute atomic E-state index is 0.0237. The third kappa shape index (κ3) is 6.34. The predicted molar refractivity (Wildman–Crippen MR) is 106 cm³/mol. The second-order valence-electron chi connectivity index (χ2n) is 6.85. The molecule has 1 aliphatic rings. The summed E-state index contributed by atoms with van der Waals surface area (Å²) in [7, 11) is 0. The summed E-state index contributed by atoms with van der Waals surface area (Å²) in [5.74, 6) is 0.0563. The van der Waals surface area contributed by atoms with Gasteiger partial charge in [0.25, 0.3) is 0 Å². The fraction of sp³-hybridized carbons (Fsp3) is 0.722. The highest BCUT2D eigenvalue weighted by Crippen LogP contribution is 2.22. The zero-order valence-electron chi connectivity index (χ0n) is 16.3. The number of aryl methyl sites for hydroxylation is 2. The van der Waals surface area contributed by atoms with Crippen molar-refractivity contribution in [1.82, 2.24) is 20.1 Å². The van der Waals surface area contributed by atoms with Crippen LogP contribution in [0.3, 0.4) is 0 Å². The monoisotopic (exact) mass is 381 g/mol. The number of nitrogens with zero attached hydrogens (tertiary/aromatic N) is 3. The summed E-state index contributed by atoms with van der Waals surface area (Å²) in [6.07, 6.45) is 1.82. The molecule has 0 radical (unpaired) electrons. The van der Waals surface area contributed by atoms with Crippen LogP contribution < -0.4 is 10.6 Å². The van der Waals surface area contributed by atoms with Gasteiger partial charge in [-0.1, -0.05) is 13.8 Å². The van der Waals surface area contributed by atoms with Gasteiger partial charge in [0.1, 0.15) is 0 Å². The van der Waals surface area contributed by atoms with E-state index in [2.05, 4.69) is 39.3 Å². The number of rotatable bonds is 8. The van der Waals surface area contributed by atoms with Gasteiger partial charge in [-0.15, -0.1) is 11.3 Å². The third-order valence-electron chi connectivity index (χ3n) is 4.69. The zero-order valence-corrected chi connectivity index (χ0v) is 17.1. The van der Waals surface area contributed by atoms with E-state index in [1.165, 1.54) is 11.3 Å². The molecule has 8 heteroatoms. The van der Waals surface area contributed by atoms with Crippen molar-refractivity contribution >= 4 is 28.3 Å². The number of carbonyl (C=O) groups excluding carboxylic acids is 2. The molecule has 0 aromatic carbocycles.